The van der Waals surface area contributed by atoms with Crippen molar-refractivity contribution in [1.82, 2.24) is 20.2 Å². The van der Waals surface area contributed by atoms with Crippen LogP contribution in [0.25, 0.3) is 0 Å². The number of hydrogen-bond donors (Lipinski definition) is 2. The fourth-order valence-corrected chi connectivity index (χ4v) is 3.96. The predicted molar refractivity (Wildman–Crippen MR) is 86.2 cm³/mol. The van der Waals surface area contributed by atoms with E-state index in [0.717, 1.165) is 18.8 Å². The zero-order valence-corrected chi connectivity index (χ0v) is 14.3. The van der Waals surface area contributed by atoms with Gasteiger partial charge in [0.05, 0.1) is 13.6 Å². The lowest BCUT2D eigenvalue weighted by Crippen LogP contribution is -3.27. The maximum Gasteiger partial charge on any atom is 0.209 e. The van der Waals surface area contributed by atoms with Crippen molar-refractivity contribution in [2.75, 3.05) is 33.2 Å². The molecular formula is C15H26N6S+2. The van der Waals surface area contributed by atoms with E-state index in [2.05, 4.69) is 47.0 Å². The van der Waals surface area contributed by atoms with Crippen LogP contribution < -0.4 is 9.80 Å². The molecule has 7 heteroatoms. The number of piperazine rings is 1. The molecular weight excluding hydrogens is 296 g/mol. The highest BCUT2D eigenvalue weighted by atomic mass is 32.1. The van der Waals surface area contributed by atoms with E-state index in [-0.39, 0.29) is 0 Å². The van der Waals surface area contributed by atoms with Crippen LogP contribution in [-0.4, -0.2) is 53.4 Å². The average Bonchev–Trinajstić information content (AvgIpc) is 3.18. The van der Waals surface area contributed by atoms with Gasteiger partial charge in [-0.05, 0) is 21.9 Å². The largest absolute Gasteiger partial charge is 0.328 e. The van der Waals surface area contributed by atoms with Gasteiger partial charge in [0.25, 0.3) is 0 Å². The van der Waals surface area contributed by atoms with Crippen molar-refractivity contribution in [3.8, 4) is 0 Å². The molecule has 2 aromatic heterocycles. The third-order valence-electron chi connectivity index (χ3n) is 4.57. The number of tetrazole rings is 1. The molecule has 0 spiro atoms. The quantitative estimate of drug-likeness (QED) is 0.720. The number of hydrogen-bond acceptors (Lipinski definition) is 4. The summed E-state index contributed by atoms with van der Waals surface area (Å²) in [5.74, 6) is 1.06. The van der Waals surface area contributed by atoms with Crippen molar-refractivity contribution in [1.29, 1.82) is 0 Å². The van der Waals surface area contributed by atoms with E-state index in [4.69, 9.17) is 0 Å². The van der Waals surface area contributed by atoms with Gasteiger partial charge in [-0.25, -0.2) is 4.68 Å². The lowest BCUT2D eigenvalue weighted by Gasteiger charge is -2.32. The third kappa shape index (κ3) is 3.53. The summed E-state index contributed by atoms with van der Waals surface area (Å²) in [5, 5.41) is 14.7. The first-order chi connectivity index (χ1) is 10.8. The van der Waals surface area contributed by atoms with Gasteiger partial charge in [-0.15, -0.1) is 16.4 Å². The molecule has 1 saturated heterocycles. The molecule has 0 aliphatic carbocycles. The molecule has 1 atom stereocenters. The van der Waals surface area contributed by atoms with E-state index in [1.807, 2.05) is 4.68 Å². The van der Waals surface area contributed by atoms with Gasteiger partial charge in [-0.2, -0.15) is 0 Å². The summed E-state index contributed by atoms with van der Waals surface area (Å²) in [6.07, 6.45) is 2.32. The van der Waals surface area contributed by atoms with Crippen LogP contribution in [0.5, 0.6) is 0 Å². The minimum absolute atomic E-state index is 0.424. The number of thiophene rings is 1. The Morgan fingerprint density at radius 2 is 2.14 bits per heavy atom. The number of nitrogens with zero attached hydrogens (tertiary/aromatic N) is 4. The Morgan fingerprint density at radius 3 is 2.82 bits per heavy atom. The minimum atomic E-state index is 0.424. The van der Waals surface area contributed by atoms with Crippen molar-refractivity contribution in [3.05, 3.63) is 28.2 Å². The molecule has 3 heterocycles. The van der Waals surface area contributed by atoms with Crippen molar-refractivity contribution in [2.45, 2.75) is 32.4 Å². The van der Waals surface area contributed by atoms with Crippen LogP contribution in [0.1, 0.15) is 36.5 Å². The highest BCUT2D eigenvalue weighted by Gasteiger charge is 2.32. The molecule has 6 nitrogen and oxygen atoms in total. The number of likely N-dealkylation sites (N-methyl/N-ethyl adjacent to an activating group) is 1. The molecule has 0 saturated carbocycles. The summed E-state index contributed by atoms with van der Waals surface area (Å²) in [5.41, 5.74) is 0. The molecule has 1 fully saturated rings. The Balaban J connectivity index is 1.78. The van der Waals surface area contributed by atoms with Crippen molar-refractivity contribution in [2.24, 2.45) is 0 Å². The molecule has 0 amide bonds. The zero-order valence-electron chi connectivity index (χ0n) is 13.5. The lowest BCUT2D eigenvalue weighted by molar-refractivity contribution is -1.02. The van der Waals surface area contributed by atoms with Crippen LogP contribution in [0.4, 0.5) is 0 Å². The molecule has 22 heavy (non-hydrogen) atoms. The Kier molecular flexibility index (Phi) is 5.17. The zero-order chi connectivity index (χ0) is 15.4. The van der Waals surface area contributed by atoms with Gasteiger partial charge < -0.3 is 9.80 Å². The fraction of sp³-hybridized carbons (Fsp3) is 0.667. The first kappa shape index (κ1) is 15.6. The summed E-state index contributed by atoms with van der Waals surface area (Å²) < 4.78 is 2.00. The van der Waals surface area contributed by atoms with E-state index in [1.54, 1.807) is 21.1 Å². The van der Waals surface area contributed by atoms with Gasteiger partial charge in [0, 0.05) is 11.3 Å². The first-order valence-corrected chi connectivity index (χ1v) is 9.10. The number of nitrogens with one attached hydrogen (secondary N) is 2. The Bertz CT molecular complexity index is 558. The summed E-state index contributed by atoms with van der Waals surface area (Å²) in [4.78, 5) is 4.59. The molecule has 0 aromatic carbocycles. The molecule has 0 bridgehead atoms. The van der Waals surface area contributed by atoms with Crippen molar-refractivity contribution < 1.29 is 9.80 Å². The second kappa shape index (κ2) is 7.30. The van der Waals surface area contributed by atoms with E-state index in [9.17, 15) is 0 Å². The van der Waals surface area contributed by atoms with E-state index < -0.39 is 0 Å². The van der Waals surface area contributed by atoms with Gasteiger partial charge >= 0.3 is 0 Å². The third-order valence-corrected chi connectivity index (χ3v) is 5.43. The van der Waals surface area contributed by atoms with Gasteiger partial charge in [0.1, 0.15) is 32.2 Å². The summed E-state index contributed by atoms with van der Waals surface area (Å²) >= 11 is 1.76. The minimum Gasteiger partial charge on any atom is -0.328 e. The Labute approximate surface area is 135 Å². The maximum absolute atomic E-state index is 4.39. The van der Waals surface area contributed by atoms with Crippen LogP contribution in [0.3, 0.4) is 0 Å². The second-order valence-electron chi connectivity index (χ2n) is 6.23. The summed E-state index contributed by atoms with van der Waals surface area (Å²) in [7, 11) is 2.28. The highest BCUT2D eigenvalue weighted by molar-refractivity contribution is 7.09. The standard InChI is InChI=1S/C15H24N6S/c1-3-5-14(20-9-7-19(2)8-10-20)15-16-17-18-21(15)12-13-6-4-11-22-13/h4,6,11,14H,3,5,7-10,12H2,1-2H3/p+2/t14-/m0/s1. The second-order valence-corrected chi connectivity index (χ2v) is 7.26. The van der Waals surface area contributed by atoms with Gasteiger partial charge in [-0.1, -0.05) is 19.4 Å². The normalized spacial score (nSPS) is 23.5. The average molecular weight is 322 g/mol. The van der Waals surface area contributed by atoms with Crippen LogP contribution in [0, 0.1) is 0 Å². The smallest absolute Gasteiger partial charge is 0.209 e. The molecule has 2 N–H and O–H groups in total. The fourth-order valence-electron chi connectivity index (χ4n) is 3.27. The SMILES string of the molecule is CCC[C@@H](c1nnnn1Cc1cccs1)[NH+]1CC[NH+](C)CC1. The number of aromatic nitrogens is 4. The van der Waals surface area contributed by atoms with E-state index in [0.29, 0.717) is 6.04 Å². The molecule has 1 aliphatic heterocycles. The first-order valence-electron chi connectivity index (χ1n) is 8.22. The van der Waals surface area contributed by atoms with Gasteiger partial charge in [-0.3, -0.25) is 0 Å². The molecule has 0 unspecified atom stereocenters. The predicted octanol–water partition coefficient (Wildman–Crippen LogP) is -0.963. The Morgan fingerprint density at radius 1 is 1.32 bits per heavy atom. The van der Waals surface area contributed by atoms with Crippen LogP contribution in [0.15, 0.2) is 17.5 Å². The number of quaternary nitrogens is 2. The summed E-state index contributed by atoms with van der Waals surface area (Å²) in [6.45, 7) is 7.94. The molecule has 1 aliphatic rings. The molecule has 2 aromatic rings. The number of rotatable bonds is 6. The van der Waals surface area contributed by atoms with E-state index >= 15 is 0 Å². The van der Waals surface area contributed by atoms with Crippen LogP contribution >= 0.6 is 11.3 Å². The van der Waals surface area contributed by atoms with Crippen LogP contribution in [-0.2, 0) is 6.54 Å². The van der Waals surface area contributed by atoms with Gasteiger partial charge in [0.15, 0.2) is 0 Å². The van der Waals surface area contributed by atoms with E-state index in [1.165, 1.54) is 37.5 Å². The van der Waals surface area contributed by atoms with Crippen LogP contribution in [0.2, 0.25) is 0 Å². The molecule has 120 valence electrons. The van der Waals surface area contributed by atoms with Crippen molar-refractivity contribution in [3.63, 3.8) is 0 Å². The highest BCUT2D eigenvalue weighted by Crippen LogP contribution is 2.15. The topological polar surface area (TPSA) is 52.5 Å². The van der Waals surface area contributed by atoms with Gasteiger partial charge in [0.2, 0.25) is 5.82 Å². The van der Waals surface area contributed by atoms with Crippen molar-refractivity contribution >= 4 is 11.3 Å². The molecule has 3 rings (SSSR count). The maximum atomic E-state index is 4.39. The monoisotopic (exact) mass is 322 g/mol. The molecule has 0 radical (unpaired) electrons. The Hall–Kier alpha value is -1.31. The lowest BCUT2D eigenvalue weighted by atomic mass is 10.1. The summed E-state index contributed by atoms with van der Waals surface area (Å²) in [6, 6.07) is 4.66.